The topological polar surface area (TPSA) is 35.6 Å². The number of thioether (sulfide) groups is 1. The van der Waals surface area contributed by atoms with Crippen molar-refractivity contribution in [3.63, 3.8) is 0 Å². The summed E-state index contributed by atoms with van der Waals surface area (Å²) in [6.07, 6.45) is 0.633. The van der Waals surface area contributed by atoms with Crippen LogP contribution in [0.3, 0.4) is 0 Å². The van der Waals surface area contributed by atoms with E-state index in [1.54, 1.807) is 0 Å². The van der Waals surface area contributed by atoms with Gasteiger partial charge in [-0.05, 0) is 24.3 Å². The molecule has 2 fully saturated rings. The van der Waals surface area contributed by atoms with E-state index in [4.69, 9.17) is 11.6 Å². The van der Waals surface area contributed by atoms with E-state index >= 15 is 0 Å². The van der Waals surface area contributed by atoms with Crippen LogP contribution in [-0.2, 0) is 4.79 Å². The van der Waals surface area contributed by atoms with Gasteiger partial charge in [0.2, 0.25) is 5.91 Å². The van der Waals surface area contributed by atoms with Gasteiger partial charge < -0.3 is 15.1 Å². The van der Waals surface area contributed by atoms with Gasteiger partial charge in [-0.3, -0.25) is 4.79 Å². The molecule has 0 bridgehead atoms. The Labute approximate surface area is 165 Å². The average molecular weight is 413 g/mol. The number of rotatable bonds is 3. The Morgan fingerprint density at radius 2 is 1.83 bits per heavy atom. The number of anilines is 1. The van der Waals surface area contributed by atoms with Crippen molar-refractivity contribution in [1.29, 1.82) is 0 Å². The van der Waals surface area contributed by atoms with Gasteiger partial charge in [0.25, 0.3) is 0 Å². The van der Waals surface area contributed by atoms with Crippen molar-refractivity contribution >= 4 is 59.8 Å². The van der Waals surface area contributed by atoms with E-state index in [9.17, 15) is 4.79 Å². The number of hydrogen-bond acceptors (Lipinski definition) is 4. The lowest BCUT2D eigenvalue weighted by Crippen LogP contribution is -2.50. The Kier molecular flexibility index (Phi) is 9.60. The molecule has 2 heterocycles. The van der Waals surface area contributed by atoms with E-state index in [-0.39, 0.29) is 30.7 Å². The molecule has 0 radical (unpaired) electrons. The summed E-state index contributed by atoms with van der Waals surface area (Å²) in [5.74, 6) is 2.50. The molecule has 1 aromatic carbocycles. The number of carbonyl (C=O) groups excluding carboxylic acids is 1. The Balaban J connectivity index is 0.00000144. The first-order valence-corrected chi connectivity index (χ1v) is 9.35. The van der Waals surface area contributed by atoms with Gasteiger partial charge in [-0.15, -0.1) is 24.8 Å². The lowest BCUT2D eigenvalue weighted by Gasteiger charge is -2.37. The molecule has 2 aliphatic rings. The monoisotopic (exact) mass is 411 g/mol. The average Bonchev–Trinajstić information content (AvgIpc) is 2.57. The summed E-state index contributed by atoms with van der Waals surface area (Å²) in [5.41, 5.74) is 1.18. The van der Waals surface area contributed by atoms with Crippen LogP contribution in [0.15, 0.2) is 24.3 Å². The highest BCUT2D eigenvalue weighted by molar-refractivity contribution is 7.99. The molecule has 1 amide bonds. The zero-order valence-electron chi connectivity index (χ0n) is 13.4. The minimum atomic E-state index is 0. The molecule has 0 spiro atoms. The van der Waals surface area contributed by atoms with Gasteiger partial charge in [0.15, 0.2) is 0 Å². The van der Waals surface area contributed by atoms with Gasteiger partial charge in [0.1, 0.15) is 0 Å². The Hall–Kier alpha value is -0.330. The molecule has 2 aliphatic heterocycles. The van der Waals surface area contributed by atoms with Crippen LogP contribution in [0.25, 0.3) is 0 Å². The number of piperazine rings is 1. The second kappa shape index (κ2) is 10.6. The molecule has 1 aromatic rings. The van der Waals surface area contributed by atoms with Crippen LogP contribution in [0.4, 0.5) is 5.69 Å². The summed E-state index contributed by atoms with van der Waals surface area (Å²) in [7, 11) is 0. The lowest BCUT2D eigenvalue weighted by atomic mass is 10.2. The second-order valence-corrected chi connectivity index (χ2v) is 7.36. The molecule has 1 atom stereocenters. The SMILES string of the molecule is Cl.Cl.O=C(CC1CSCCN1)N1CCN(c2ccc(Cl)cc2)CC1. The quantitative estimate of drug-likeness (QED) is 0.828. The van der Waals surface area contributed by atoms with E-state index in [2.05, 4.69) is 10.2 Å². The van der Waals surface area contributed by atoms with E-state index in [1.165, 1.54) is 5.69 Å². The third-order valence-corrected chi connectivity index (χ3v) is 5.63. The maximum atomic E-state index is 12.4. The van der Waals surface area contributed by atoms with Crippen molar-refractivity contribution in [2.24, 2.45) is 0 Å². The minimum Gasteiger partial charge on any atom is -0.368 e. The molecule has 136 valence electrons. The molecule has 8 heteroatoms. The number of amides is 1. The molecular weight excluding hydrogens is 389 g/mol. The molecule has 4 nitrogen and oxygen atoms in total. The minimum absolute atomic E-state index is 0. The molecule has 24 heavy (non-hydrogen) atoms. The van der Waals surface area contributed by atoms with Crippen molar-refractivity contribution in [1.82, 2.24) is 10.2 Å². The Morgan fingerprint density at radius 1 is 1.17 bits per heavy atom. The van der Waals surface area contributed by atoms with Crippen molar-refractivity contribution in [3.05, 3.63) is 29.3 Å². The highest BCUT2D eigenvalue weighted by atomic mass is 35.5. The molecule has 0 aromatic heterocycles. The summed E-state index contributed by atoms with van der Waals surface area (Å²) < 4.78 is 0. The third-order valence-electron chi connectivity index (χ3n) is 4.24. The van der Waals surface area contributed by atoms with E-state index < -0.39 is 0 Å². The largest absolute Gasteiger partial charge is 0.368 e. The number of hydrogen-bond donors (Lipinski definition) is 1. The zero-order chi connectivity index (χ0) is 15.4. The number of halogens is 3. The van der Waals surface area contributed by atoms with Crippen molar-refractivity contribution in [3.8, 4) is 0 Å². The van der Waals surface area contributed by atoms with Crippen LogP contribution < -0.4 is 10.2 Å². The molecule has 1 unspecified atom stereocenters. The highest BCUT2D eigenvalue weighted by Gasteiger charge is 2.24. The molecule has 1 N–H and O–H groups in total. The first-order chi connectivity index (χ1) is 10.7. The molecule has 0 aliphatic carbocycles. The Morgan fingerprint density at radius 3 is 2.42 bits per heavy atom. The third kappa shape index (κ3) is 5.88. The predicted molar refractivity (Wildman–Crippen MR) is 108 cm³/mol. The van der Waals surface area contributed by atoms with Crippen molar-refractivity contribution in [2.45, 2.75) is 12.5 Å². The predicted octanol–water partition coefficient (Wildman–Crippen LogP) is 2.93. The van der Waals surface area contributed by atoms with Crippen LogP contribution in [0.1, 0.15) is 6.42 Å². The summed E-state index contributed by atoms with van der Waals surface area (Å²) in [6, 6.07) is 8.27. The first kappa shape index (κ1) is 21.7. The van der Waals surface area contributed by atoms with Crippen LogP contribution in [0, 0.1) is 0 Å². The zero-order valence-corrected chi connectivity index (χ0v) is 16.7. The van der Waals surface area contributed by atoms with Gasteiger partial charge >= 0.3 is 0 Å². The summed E-state index contributed by atoms with van der Waals surface area (Å²) >= 11 is 7.87. The van der Waals surface area contributed by atoms with Crippen LogP contribution >= 0.6 is 48.2 Å². The smallest absolute Gasteiger partial charge is 0.224 e. The molecular formula is C16H24Cl3N3OS. The van der Waals surface area contributed by atoms with Crippen molar-refractivity contribution < 1.29 is 4.79 Å². The number of carbonyl (C=O) groups is 1. The van der Waals surface area contributed by atoms with Crippen LogP contribution in [-0.4, -0.2) is 61.1 Å². The first-order valence-electron chi connectivity index (χ1n) is 7.82. The van der Waals surface area contributed by atoms with E-state index in [0.29, 0.717) is 12.5 Å². The van der Waals surface area contributed by atoms with E-state index in [0.717, 1.165) is 49.3 Å². The fourth-order valence-corrected chi connectivity index (χ4v) is 4.03. The van der Waals surface area contributed by atoms with Crippen LogP contribution in [0.2, 0.25) is 5.02 Å². The van der Waals surface area contributed by atoms with Gasteiger partial charge in [0, 0.05) is 67.4 Å². The summed E-state index contributed by atoms with van der Waals surface area (Å²) in [4.78, 5) is 16.7. The van der Waals surface area contributed by atoms with Gasteiger partial charge in [-0.25, -0.2) is 0 Å². The normalized spacial score (nSPS) is 20.8. The Bertz CT molecular complexity index is 504. The maximum absolute atomic E-state index is 12.4. The highest BCUT2D eigenvalue weighted by Crippen LogP contribution is 2.20. The standard InChI is InChI=1S/C16H22ClN3OS.2ClH/c17-13-1-3-15(4-2-13)19-6-8-20(9-7-19)16(21)11-14-12-22-10-5-18-14;;/h1-4,14,18H,5-12H2;2*1H. The number of nitrogens with zero attached hydrogens (tertiary/aromatic N) is 2. The summed E-state index contributed by atoms with van der Waals surface area (Å²) in [5, 5.41) is 4.20. The van der Waals surface area contributed by atoms with Gasteiger partial charge in [-0.2, -0.15) is 11.8 Å². The van der Waals surface area contributed by atoms with Gasteiger partial charge in [-0.1, -0.05) is 11.6 Å². The molecule has 2 saturated heterocycles. The maximum Gasteiger partial charge on any atom is 0.224 e. The second-order valence-electron chi connectivity index (χ2n) is 5.77. The molecule has 0 saturated carbocycles. The van der Waals surface area contributed by atoms with Crippen molar-refractivity contribution in [2.75, 3.05) is 49.1 Å². The fraction of sp³-hybridized carbons (Fsp3) is 0.562. The van der Waals surface area contributed by atoms with Gasteiger partial charge in [0.05, 0.1) is 0 Å². The molecule has 3 rings (SSSR count). The lowest BCUT2D eigenvalue weighted by molar-refractivity contribution is -0.131. The number of benzene rings is 1. The number of nitrogens with one attached hydrogen (secondary N) is 1. The fourth-order valence-electron chi connectivity index (χ4n) is 2.96. The summed E-state index contributed by atoms with van der Waals surface area (Å²) in [6.45, 7) is 4.41. The van der Waals surface area contributed by atoms with E-state index in [1.807, 2.05) is 40.9 Å². The van der Waals surface area contributed by atoms with Crippen LogP contribution in [0.5, 0.6) is 0 Å².